The summed E-state index contributed by atoms with van der Waals surface area (Å²) in [6.07, 6.45) is 1.01. The fourth-order valence-corrected chi connectivity index (χ4v) is 3.36. The van der Waals surface area contributed by atoms with Crippen LogP contribution < -0.4 is 5.32 Å². The number of amides is 1. The van der Waals surface area contributed by atoms with E-state index >= 15 is 0 Å². The molecule has 2 fully saturated rings. The number of nitrogens with one attached hydrogen (secondary N) is 1. The number of carbonyl (C=O) groups excluding carboxylic acids is 1. The summed E-state index contributed by atoms with van der Waals surface area (Å²) in [5.41, 5.74) is 1.29. The highest BCUT2D eigenvalue weighted by molar-refractivity contribution is 9.10. The number of carbonyl (C=O) groups is 1. The zero-order valence-electron chi connectivity index (χ0n) is 11.1. The van der Waals surface area contributed by atoms with E-state index in [9.17, 15) is 4.79 Å². The van der Waals surface area contributed by atoms with Gasteiger partial charge in [-0.3, -0.25) is 4.79 Å². The van der Waals surface area contributed by atoms with Crippen LogP contribution in [0.4, 0.5) is 0 Å². The van der Waals surface area contributed by atoms with Crippen molar-refractivity contribution in [3.05, 3.63) is 34.3 Å². The monoisotopic (exact) mass is 322 g/mol. The average Bonchev–Trinajstić information content (AvgIpc) is 3.18. The first-order chi connectivity index (χ1) is 9.15. The lowest BCUT2D eigenvalue weighted by atomic mass is 10.1. The number of benzene rings is 1. The van der Waals surface area contributed by atoms with Crippen LogP contribution in [0.15, 0.2) is 28.7 Å². The SMILES string of the molecule is C[C@@H]1CN(C(=O)[C@H]2C[C@H]2c2cccc(Br)c2)CCN1. The molecular formula is C15H19BrN2O. The van der Waals surface area contributed by atoms with Crippen LogP contribution in [0.25, 0.3) is 0 Å². The Bertz CT molecular complexity index is 491. The molecule has 1 aromatic rings. The Labute approximate surface area is 122 Å². The van der Waals surface area contributed by atoms with E-state index in [0.717, 1.165) is 30.5 Å². The molecule has 1 heterocycles. The van der Waals surface area contributed by atoms with E-state index in [4.69, 9.17) is 0 Å². The molecule has 1 saturated carbocycles. The van der Waals surface area contributed by atoms with Crippen molar-refractivity contribution in [1.82, 2.24) is 10.2 Å². The minimum Gasteiger partial charge on any atom is -0.340 e. The Balaban J connectivity index is 1.64. The van der Waals surface area contributed by atoms with Crippen LogP contribution >= 0.6 is 15.9 Å². The molecular weight excluding hydrogens is 304 g/mol. The molecule has 0 radical (unpaired) electrons. The van der Waals surface area contributed by atoms with E-state index in [1.165, 1.54) is 5.56 Å². The van der Waals surface area contributed by atoms with Crippen molar-refractivity contribution in [2.24, 2.45) is 5.92 Å². The van der Waals surface area contributed by atoms with Crippen LogP contribution in [0.3, 0.4) is 0 Å². The summed E-state index contributed by atoms with van der Waals surface area (Å²) in [6, 6.07) is 8.76. The number of halogens is 1. The summed E-state index contributed by atoms with van der Waals surface area (Å²) in [5, 5.41) is 3.38. The molecule has 1 aliphatic heterocycles. The van der Waals surface area contributed by atoms with Gasteiger partial charge in [0.1, 0.15) is 0 Å². The first-order valence-corrected chi connectivity index (χ1v) is 7.72. The second-order valence-electron chi connectivity index (χ2n) is 5.64. The molecule has 1 amide bonds. The molecule has 3 rings (SSSR count). The molecule has 3 nitrogen and oxygen atoms in total. The third kappa shape index (κ3) is 2.84. The number of hydrogen-bond acceptors (Lipinski definition) is 2. The first kappa shape index (κ1) is 13.1. The van der Waals surface area contributed by atoms with Crippen molar-refractivity contribution < 1.29 is 4.79 Å². The number of piperazine rings is 1. The lowest BCUT2D eigenvalue weighted by molar-refractivity contribution is -0.133. The molecule has 4 heteroatoms. The van der Waals surface area contributed by atoms with Gasteiger partial charge in [0, 0.05) is 36.1 Å². The smallest absolute Gasteiger partial charge is 0.226 e. The van der Waals surface area contributed by atoms with Gasteiger partial charge in [-0.15, -0.1) is 0 Å². The van der Waals surface area contributed by atoms with Gasteiger partial charge in [-0.05, 0) is 37.0 Å². The lowest BCUT2D eigenvalue weighted by Crippen LogP contribution is -2.51. The van der Waals surface area contributed by atoms with Crippen LogP contribution in [-0.4, -0.2) is 36.5 Å². The average molecular weight is 323 g/mol. The molecule has 2 aliphatic rings. The second kappa shape index (κ2) is 5.25. The van der Waals surface area contributed by atoms with E-state index in [2.05, 4.69) is 40.3 Å². The predicted octanol–water partition coefficient (Wildman–Crippen LogP) is 2.37. The molecule has 0 aromatic heterocycles. The normalized spacial score (nSPS) is 30.2. The molecule has 0 spiro atoms. The summed E-state index contributed by atoms with van der Waals surface area (Å²) in [6.45, 7) is 4.75. The van der Waals surface area contributed by atoms with Crippen LogP contribution in [0.2, 0.25) is 0 Å². The number of hydrogen-bond donors (Lipinski definition) is 1. The molecule has 3 atom stereocenters. The molecule has 19 heavy (non-hydrogen) atoms. The van der Waals surface area contributed by atoms with Crippen molar-refractivity contribution in [2.45, 2.75) is 25.3 Å². The quantitative estimate of drug-likeness (QED) is 0.906. The van der Waals surface area contributed by atoms with Crippen LogP contribution in [0.5, 0.6) is 0 Å². The summed E-state index contributed by atoms with van der Waals surface area (Å²) >= 11 is 3.50. The highest BCUT2D eigenvalue weighted by Crippen LogP contribution is 2.48. The maximum absolute atomic E-state index is 12.5. The molecule has 0 bridgehead atoms. The van der Waals surface area contributed by atoms with Gasteiger partial charge in [0.2, 0.25) is 5.91 Å². The van der Waals surface area contributed by atoms with Gasteiger partial charge >= 0.3 is 0 Å². The van der Waals surface area contributed by atoms with Crippen LogP contribution in [-0.2, 0) is 4.79 Å². The van der Waals surface area contributed by atoms with Gasteiger partial charge in [-0.25, -0.2) is 0 Å². The Morgan fingerprint density at radius 2 is 2.32 bits per heavy atom. The maximum Gasteiger partial charge on any atom is 0.226 e. The zero-order valence-corrected chi connectivity index (χ0v) is 12.7. The maximum atomic E-state index is 12.5. The molecule has 102 valence electrons. The largest absolute Gasteiger partial charge is 0.340 e. The fraction of sp³-hybridized carbons (Fsp3) is 0.533. The summed E-state index contributed by atoms with van der Waals surface area (Å²) in [4.78, 5) is 14.5. The minimum atomic E-state index is 0.208. The third-order valence-electron chi connectivity index (χ3n) is 4.06. The van der Waals surface area contributed by atoms with Gasteiger partial charge in [0.25, 0.3) is 0 Å². The standard InChI is InChI=1S/C15H19BrN2O/c1-10-9-18(6-5-17-10)15(19)14-8-13(14)11-3-2-4-12(16)7-11/h2-4,7,10,13-14,17H,5-6,8-9H2,1H3/t10-,13+,14+/m1/s1. The Morgan fingerprint density at radius 3 is 3.05 bits per heavy atom. The van der Waals surface area contributed by atoms with Crippen molar-refractivity contribution in [3.8, 4) is 0 Å². The van der Waals surface area contributed by atoms with Crippen LogP contribution in [0, 0.1) is 5.92 Å². The Kier molecular flexibility index (Phi) is 3.63. The molecule has 1 N–H and O–H groups in total. The minimum absolute atomic E-state index is 0.208. The molecule has 1 aromatic carbocycles. The third-order valence-corrected chi connectivity index (χ3v) is 4.56. The van der Waals surface area contributed by atoms with E-state index in [0.29, 0.717) is 17.9 Å². The van der Waals surface area contributed by atoms with E-state index in [-0.39, 0.29) is 5.92 Å². The Hall–Kier alpha value is -0.870. The van der Waals surface area contributed by atoms with Crippen LogP contribution in [0.1, 0.15) is 24.8 Å². The first-order valence-electron chi connectivity index (χ1n) is 6.93. The summed E-state index contributed by atoms with van der Waals surface area (Å²) in [7, 11) is 0. The van der Waals surface area contributed by atoms with Gasteiger partial charge in [0.05, 0.1) is 0 Å². The number of rotatable bonds is 2. The van der Waals surface area contributed by atoms with Crippen molar-refractivity contribution in [1.29, 1.82) is 0 Å². The van der Waals surface area contributed by atoms with Gasteiger partial charge in [-0.2, -0.15) is 0 Å². The highest BCUT2D eigenvalue weighted by atomic mass is 79.9. The second-order valence-corrected chi connectivity index (χ2v) is 6.56. The summed E-state index contributed by atoms with van der Waals surface area (Å²) < 4.78 is 1.10. The van der Waals surface area contributed by atoms with Gasteiger partial charge < -0.3 is 10.2 Å². The molecule has 0 unspecified atom stereocenters. The topological polar surface area (TPSA) is 32.3 Å². The van der Waals surface area contributed by atoms with E-state index < -0.39 is 0 Å². The Morgan fingerprint density at radius 1 is 1.47 bits per heavy atom. The lowest BCUT2D eigenvalue weighted by Gasteiger charge is -2.32. The van der Waals surface area contributed by atoms with E-state index in [1.54, 1.807) is 0 Å². The molecule has 1 aliphatic carbocycles. The van der Waals surface area contributed by atoms with Crippen molar-refractivity contribution in [2.75, 3.05) is 19.6 Å². The summed E-state index contributed by atoms with van der Waals surface area (Å²) in [5.74, 6) is 0.980. The number of nitrogens with zero attached hydrogens (tertiary/aromatic N) is 1. The van der Waals surface area contributed by atoms with Gasteiger partial charge in [0.15, 0.2) is 0 Å². The zero-order chi connectivity index (χ0) is 13.4. The fourth-order valence-electron chi connectivity index (χ4n) is 2.94. The predicted molar refractivity (Wildman–Crippen MR) is 79.0 cm³/mol. The van der Waals surface area contributed by atoms with Crippen molar-refractivity contribution in [3.63, 3.8) is 0 Å². The molecule has 1 saturated heterocycles. The highest BCUT2D eigenvalue weighted by Gasteiger charge is 2.46. The van der Waals surface area contributed by atoms with Gasteiger partial charge in [-0.1, -0.05) is 28.1 Å². The van der Waals surface area contributed by atoms with Crippen molar-refractivity contribution >= 4 is 21.8 Å². The van der Waals surface area contributed by atoms with E-state index in [1.807, 2.05) is 17.0 Å².